The highest BCUT2D eigenvalue weighted by Crippen LogP contribution is 2.27. The molecule has 0 radical (unpaired) electrons. The zero-order valence-electron chi connectivity index (χ0n) is 16.2. The average Bonchev–Trinajstić information content (AvgIpc) is 2.74. The third-order valence-electron chi connectivity index (χ3n) is 4.94. The molecule has 0 aromatic heterocycles. The Balaban J connectivity index is 1.61. The van der Waals surface area contributed by atoms with E-state index in [1.807, 2.05) is 0 Å². The number of anilines is 1. The minimum absolute atomic E-state index is 0.123. The van der Waals surface area contributed by atoms with Crippen molar-refractivity contribution >= 4 is 33.4 Å². The van der Waals surface area contributed by atoms with Crippen molar-refractivity contribution in [3.63, 3.8) is 0 Å². The van der Waals surface area contributed by atoms with Gasteiger partial charge in [0.1, 0.15) is 17.3 Å². The molecule has 2 aromatic carbocycles. The van der Waals surface area contributed by atoms with Gasteiger partial charge >= 0.3 is 0 Å². The number of nitrogens with zero attached hydrogens (tertiary/aromatic N) is 1. The second kappa shape index (κ2) is 9.26. The fourth-order valence-corrected chi connectivity index (χ4v) is 3.73. The highest BCUT2D eigenvalue weighted by atomic mass is 79.9. The van der Waals surface area contributed by atoms with E-state index in [-0.39, 0.29) is 23.5 Å². The van der Waals surface area contributed by atoms with Gasteiger partial charge in [0.25, 0.3) is 5.91 Å². The number of piperidine rings is 1. The number of amides is 2. The van der Waals surface area contributed by atoms with Gasteiger partial charge in [0.2, 0.25) is 5.91 Å². The van der Waals surface area contributed by atoms with Crippen molar-refractivity contribution in [3.05, 3.63) is 52.3 Å². The highest BCUT2D eigenvalue weighted by Gasteiger charge is 2.28. The Morgan fingerprint density at radius 2 is 1.69 bits per heavy atom. The molecule has 3 rings (SSSR count). The number of nitrogens with one attached hydrogen (secondary N) is 1. The summed E-state index contributed by atoms with van der Waals surface area (Å²) in [4.78, 5) is 27.1. The summed E-state index contributed by atoms with van der Waals surface area (Å²) in [6.45, 7) is 0.946. The lowest BCUT2D eigenvalue weighted by Gasteiger charge is -2.31. The first-order chi connectivity index (χ1) is 13.9. The summed E-state index contributed by atoms with van der Waals surface area (Å²) in [6, 6.07) is 9.18. The SMILES string of the molecule is COc1cc(OC)cc(C(=O)N2CCC(C(=O)Nc3ccc(F)cc3Br)CC2)c1. The molecule has 1 aliphatic heterocycles. The minimum atomic E-state index is -0.379. The maximum absolute atomic E-state index is 13.2. The van der Waals surface area contributed by atoms with Gasteiger partial charge in [-0.1, -0.05) is 0 Å². The Morgan fingerprint density at radius 3 is 2.24 bits per heavy atom. The lowest BCUT2D eigenvalue weighted by Crippen LogP contribution is -2.41. The molecule has 2 aromatic rings. The van der Waals surface area contributed by atoms with Crippen molar-refractivity contribution in [3.8, 4) is 11.5 Å². The van der Waals surface area contributed by atoms with Crippen LogP contribution in [0.15, 0.2) is 40.9 Å². The van der Waals surface area contributed by atoms with Gasteiger partial charge in [-0.25, -0.2) is 4.39 Å². The second-order valence-corrected chi connectivity index (χ2v) is 7.64. The number of methoxy groups -OCH3 is 2. The van der Waals surface area contributed by atoms with E-state index in [1.165, 1.54) is 32.4 Å². The smallest absolute Gasteiger partial charge is 0.254 e. The number of rotatable bonds is 5. The number of carbonyl (C=O) groups excluding carboxylic acids is 2. The molecule has 6 nitrogen and oxygen atoms in total. The first-order valence-corrected chi connectivity index (χ1v) is 9.99. The van der Waals surface area contributed by atoms with Gasteiger partial charge in [-0.2, -0.15) is 0 Å². The Morgan fingerprint density at radius 1 is 1.07 bits per heavy atom. The standard InChI is InChI=1S/C21H22BrFN2O4/c1-28-16-9-14(10-17(12-16)29-2)21(27)25-7-5-13(6-8-25)20(26)24-19-4-3-15(23)11-18(19)22/h3-4,9-13H,5-8H2,1-2H3,(H,24,26). The van der Waals surface area contributed by atoms with Crippen molar-refractivity contribution < 1.29 is 23.5 Å². The molecule has 1 fully saturated rings. The summed E-state index contributed by atoms with van der Waals surface area (Å²) >= 11 is 3.25. The van der Waals surface area contributed by atoms with Gasteiger partial charge < -0.3 is 19.7 Å². The quantitative estimate of drug-likeness (QED) is 0.723. The maximum Gasteiger partial charge on any atom is 0.254 e. The molecular weight excluding hydrogens is 443 g/mol. The largest absolute Gasteiger partial charge is 0.497 e. The third kappa shape index (κ3) is 5.06. The Bertz CT molecular complexity index is 891. The van der Waals surface area contributed by atoms with Gasteiger partial charge in [-0.05, 0) is 59.1 Å². The van der Waals surface area contributed by atoms with E-state index < -0.39 is 0 Å². The van der Waals surface area contributed by atoms with Gasteiger partial charge in [0.05, 0.1) is 19.9 Å². The van der Waals surface area contributed by atoms with E-state index in [0.717, 1.165) is 0 Å². The molecule has 1 aliphatic rings. The molecule has 2 amide bonds. The molecule has 1 saturated heterocycles. The van der Waals surface area contributed by atoms with Crippen molar-refractivity contribution in [1.82, 2.24) is 4.90 Å². The summed E-state index contributed by atoms with van der Waals surface area (Å²) in [5.74, 6) is 0.250. The molecule has 0 saturated carbocycles. The van der Waals surface area contributed by atoms with Gasteiger partial charge in [0.15, 0.2) is 0 Å². The van der Waals surface area contributed by atoms with Crippen LogP contribution in [0.5, 0.6) is 11.5 Å². The van der Waals surface area contributed by atoms with Gasteiger partial charge in [0, 0.05) is 35.1 Å². The Hall–Kier alpha value is -2.61. The van der Waals surface area contributed by atoms with Crippen LogP contribution in [0.4, 0.5) is 10.1 Å². The van der Waals surface area contributed by atoms with Gasteiger partial charge in [-0.3, -0.25) is 9.59 Å². The molecule has 0 atom stereocenters. The zero-order valence-corrected chi connectivity index (χ0v) is 17.8. The normalized spacial score (nSPS) is 14.4. The molecule has 0 spiro atoms. The highest BCUT2D eigenvalue weighted by molar-refractivity contribution is 9.10. The first kappa shape index (κ1) is 21.1. The minimum Gasteiger partial charge on any atom is -0.497 e. The van der Waals surface area contributed by atoms with Crippen LogP contribution in [-0.2, 0) is 4.79 Å². The van der Waals surface area contributed by atoms with Crippen LogP contribution in [0.25, 0.3) is 0 Å². The van der Waals surface area contributed by atoms with E-state index in [9.17, 15) is 14.0 Å². The second-order valence-electron chi connectivity index (χ2n) is 6.78. The maximum atomic E-state index is 13.2. The molecule has 0 bridgehead atoms. The molecule has 29 heavy (non-hydrogen) atoms. The monoisotopic (exact) mass is 464 g/mol. The van der Waals surface area contributed by atoms with Crippen LogP contribution in [-0.4, -0.2) is 44.0 Å². The predicted molar refractivity (Wildman–Crippen MR) is 111 cm³/mol. The number of hydrogen-bond donors (Lipinski definition) is 1. The lowest BCUT2D eigenvalue weighted by molar-refractivity contribution is -0.121. The van der Waals surface area contributed by atoms with Crippen LogP contribution in [0, 0.1) is 11.7 Å². The molecule has 0 unspecified atom stereocenters. The number of benzene rings is 2. The molecular formula is C21H22BrFN2O4. The fraction of sp³-hybridized carbons (Fsp3) is 0.333. The van der Waals surface area contributed by atoms with Crippen LogP contribution in [0.3, 0.4) is 0 Å². The molecule has 154 valence electrons. The first-order valence-electron chi connectivity index (χ1n) is 9.19. The van der Waals surface area contributed by atoms with Crippen molar-refractivity contribution in [2.24, 2.45) is 5.92 Å². The van der Waals surface area contributed by atoms with Gasteiger partial charge in [-0.15, -0.1) is 0 Å². The summed E-state index contributed by atoms with van der Waals surface area (Å²) in [6.07, 6.45) is 1.11. The summed E-state index contributed by atoms with van der Waals surface area (Å²) in [5.41, 5.74) is 1.01. The fourth-order valence-electron chi connectivity index (χ4n) is 3.28. The van der Waals surface area contributed by atoms with Crippen molar-refractivity contribution in [1.29, 1.82) is 0 Å². The number of ether oxygens (including phenoxy) is 2. The number of halogens is 2. The zero-order chi connectivity index (χ0) is 21.0. The van der Waals surface area contributed by atoms with Crippen LogP contribution in [0.1, 0.15) is 23.2 Å². The van der Waals surface area contributed by atoms with E-state index in [1.54, 1.807) is 23.1 Å². The molecule has 1 heterocycles. The van der Waals surface area contributed by atoms with Crippen LogP contribution in [0.2, 0.25) is 0 Å². The number of hydrogen-bond acceptors (Lipinski definition) is 4. The van der Waals surface area contributed by atoms with Crippen LogP contribution < -0.4 is 14.8 Å². The van der Waals surface area contributed by atoms with E-state index in [2.05, 4.69) is 21.2 Å². The number of likely N-dealkylation sites (tertiary alicyclic amines) is 1. The Kier molecular flexibility index (Phi) is 6.74. The summed E-state index contributed by atoms with van der Waals surface area (Å²) in [7, 11) is 3.07. The number of carbonyl (C=O) groups is 2. The topological polar surface area (TPSA) is 67.9 Å². The molecule has 1 N–H and O–H groups in total. The lowest BCUT2D eigenvalue weighted by atomic mass is 9.95. The summed E-state index contributed by atoms with van der Waals surface area (Å²) < 4.78 is 24.1. The van der Waals surface area contributed by atoms with E-state index in [4.69, 9.17) is 9.47 Å². The molecule has 0 aliphatic carbocycles. The molecule has 8 heteroatoms. The Labute approximate surface area is 177 Å². The van der Waals surface area contributed by atoms with Crippen LogP contribution >= 0.6 is 15.9 Å². The third-order valence-corrected chi connectivity index (χ3v) is 5.60. The van der Waals surface area contributed by atoms with E-state index in [0.29, 0.717) is 53.2 Å². The predicted octanol–water partition coefficient (Wildman–Crippen LogP) is 4.10. The van der Waals surface area contributed by atoms with Crippen molar-refractivity contribution in [2.75, 3.05) is 32.6 Å². The summed E-state index contributed by atoms with van der Waals surface area (Å²) in [5, 5.41) is 2.82. The van der Waals surface area contributed by atoms with E-state index >= 15 is 0 Å². The van der Waals surface area contributed by atoms with Crippen molar-refractivity contribution in [2.45, 2.75) is 12.8 Å². The average molecular weight is 465 g/mol.